The molecule has 3 aromatic rings. The lowest BCUT2D eigenvalue weighted by Gasteiger charge is -2.05. The van der Waals surface area contributed by atoms with Crippen molar-refractivity contribution >= 4 is 33.4 Å². The van der Waals surface area contributed by atoms with Gasteiger partial charge in [-0.05, 0) is 16.8 Å². The Labute approximate surface area is 133 Å². The highest BCUT2D eigenvalue weighted by molar-refractivity contribution is 8.14. The van der Waals surface area contributed by atoms with Gasteiger partial charge < -0.3 is 0 Å². The lowest BCUT2D eigenvalue weighted by molar-refractivity contribution is 0.101. The van der Waals surface area contributed by atoms with Crippen LogP contribution in [0.1, 0.15) is 20.7 Å². The van der Waals surface area contributed by atoms with Crippen LogP contribution in [0.3, 0.4) is 0 Å². The molecule has 3 aromatic carbocycles. The zero-order chi connectivity index (χ0) is 15.4. The number of hydrogen-bond donors (Lipinski definition) is 0. The fourth-order valence-electron chi connectivity index (χ4n) is 2.32. The highest BCUT2D eigenvalue weighted by Crippen LogP contribution is 2.23. The van der Waals surface area contributed by atoms with E-state index in [0.29, 0.717) is 11.1 Å². The summed E-state index contributed by atoms with van der Waals surface area (Å²) in [7, 11) is 0. The average molecular weight is 306 g/mol. The summed E-state index contributed by atoms with van der Waals surface area (Å²) in [4.78, 5) is 24.5. The summed E-state index contributed by atoms with van der Waals surface area (Å²) in [6.07, 6.45) is 0. The minimum absolute atomic E-state index is 0.0285. The Balaban J connectivity index is 1.76. The van der Waals surface area contributed by atoms with Gasteiger partial charge >= 0.3 is 0 Å². The van der Waals surface area contributed by atoms with Gasteiger partial charge in [0.1, 0.15) is 0 Å². The van der Waals surface area contributed by atoms with Crippen LogP contribution < -0.4 is 0 Å². The summed E-state index contributed by atoms with van der Waals surface area (Å²) in [5.74, 6) is 0.130. The summed E-state index contributed by atoms with van der Waals surface area (Å²) in [5.41, 5.74) is 1.30. The van der Waals surface area contributed by atoms with E-state index in [1.165, 1.54) is 0 Å². The SMILES string of the molecule is O=C(CSC(=O)c1cccc2ccccc12)c1ccccc1. The minimum Gasteiger partial charge on any atom is -0.293 e. The standard InChI is InChI=1S/C19H14O2S/c20-18(15-8-2-1-3-9-15)13-22-19(21)17-12-6-10-14-7-4-5-11-16(14)17/h1-12H,13H2. The van der Waals surface area contributed by atoms with Crippen LogP contribution in [0.2, 0.25) is 0 Å². The van der Waals surface area contributed by atoms with Gasteiger partial charge in [-0.15, -0.1) is 0 Å². The quantitative estimate of drug-likeness (QED) is 0.661. The molecule has 2 nitrogen and oxygen atoms in total. The van der Waals surface area contributed by atoms with Crippen molar-refractivity contribution in [3.8, 4) is 0 Å². The van der Waals surface area contributed by atoms with E-state index in [0.717, 1.165) is 22.5 Å². The first-order valence-corrected chi connectivity index (χ1v) is 7.97. The smallest absolute Gasteiger partial charge is 0.220 e. The fraction of sp³-hybridized carbons (Fsp3) is 0.0526. The first-order chi connectivity index (χ1) is 10.8. The molecule has 0 fully saturated rings. The summed E-state index contributed by atoms with van der Waals surface area (Å²) >= 11 is 1.06. The van der Waals surface area contributed by atoms with Gasteiger partial charge in [-0.1, -0.05) is 78.5 Å². The molecule has 0 saturated carbocycles. The molecule has 3 heteroatoms. The molecule has 108 valence electrons. The Hall–Kier alpha value is -2.39. The highest BCUT2D eigenvalue weighted by atomic mass is 32.2. The number of Topliss-reactive ketones (excluding diaryl/α,β-unsaturated/α-hetero) is 1. The van der Waals surface area contributed by atoms with E-state index >= 15 is 0 Å². The Bertz CT molecular complexity index is 820. The predicted molar refractivity (Wildman–Crippen MR) is 91.5 cm³/mol. The predicted octanol–water partition coefficient (Wildman–Crippen LogP) is 4.60. The topological polar surface area (TPSA) is 34.1 Å². The molecule has 0 saturated heterocycles. The van der Waals surface area contributed by atoms with Crippen LogP contribution in [0.15, 0.2) is 72.8 Å². The fourth-order valence-corrected chi connectivity index (χ4v) is 3.08. The highest BCUT2D eigenvalue weighted by Gasteiger charge is 2.13. The molecule has 0 heterocycles. The van der Waals surface area contributed by atoms with Crippen molar-refractivity contribution in [1.29, 1.82) is 0 Å². The van der Waals surface area contributed by atoms with Crippen LogP contribution in [0.25, 0.3) is 10.8 Å². The summed E-state index contributed by atoms with van der Waals surface area (Å²) < 4.78 is 0. The number of benzene rings is 3. The number of rotatable bonds is 4. The van der Waals surface area contributed by atoms with Crippen molar-refractivity contribution in [2.45, 2.75) is 0 Å². The molecule has 0 radical (unpaired) electrons. The average Bonchev–Trinajstić information content (AvgIpc) is 2.59. The third kappa shape index (κ3) is 3.10. The van der Waals surface area contributed by atoms with Gasteiger partial charge in [0.15, 0.2) is 5.78 Å². The molecule has 0 N–H and O–H groups in total. The molecule has 0 atom stereocenters. The van der Waals surface area contributed by atoms with Crippen molar-refractivity contribution in [3.05, 3.63) is 83.9 Å². The third-order valence-corrected chi connectivity index (χ3v) is 4.33. The molecular weight excluding hydrogens is 292 g/mol. The van der Waals surface area contributed by atoms with Crippen LogP contribution in [0.5, 0.6) is 0 Å². The number of thioether (sulfide) groups is 1. The van der Waals surface area contributed by atoms with Crippen LogP contribution in [0, 0.1) is 0 Å². The summed E-state index contributed by atoms with van der Waals surface area (Å²) in [5, 5.41) is 1.89. The molecule has 0 aliphatic rings. The normalized spacial score (nSPS) is 10.5. The van der Waals surface area contributed by atoms with Gasteiger partial charge in [-0.2, -0.15) is 0 Å². The molecule has 3 rings (SSSR count). The molecule has 0 aliphatic carbocycles. The van der Waals surface area contributed by atoms with Gasteiger partial charge in [-0.25, -0.2) is 0 Å². The van der Waals surface area contributed by atoms with Crippen LogP contribution in [0.4, 0.5) is 0 Å². The Morgan fingerprint density at radius 3 is 2.27 bits per heavy atom. The number of carbonyl (C=O) groups is 2. The van der Waals surface area contributed by atoms with Crippen molar-refractivity contribution in [2.75, 3.05) is 5.75 Å². The lowest BCUT2D eigenvalue weighted by Crippen LogP contribution is -2.05. The van der Waals surface area contributed by atoms with Gasteiger partial charge in [0.2, 0.25) is 5.12 Å². The van der Waals surface area contributed by atoms with Gasteiger partial charge in [0, 0.05) is 11.1 Å². The van der Waals surface area contributed by atoms with Gasteiger partial charge in [0.05, 0.1) is 5.75 Å². The summed E-state index contributed by atoms with van der Waals surface area (Å²) in [6.45, 7) is 0. The second kappa shape index (κ2) is 6.58. The van der Waals surface area contributed by atoms with Crippen LogP contribution in [-0.2, 0) is 0 Å². The number of fused-ring (bicyclic) bond motifs is 1. The van der Waals surface area contributed by atoms with E-state index in [2.05, 4.69) is 0 Å². The number of carbonyl (C=O) groups excluding carboxylic acids is 2. The van der Waals surface area contributed by atoms with Gasteiger partial charge in [0.25, 0.3) is 0 Å². The molecule has 22 heavy (non-hydrogen) atoms. The molecular formula is C19H14O2S. The Morgan fingerprint density at radius 2 is 1.45 bits per heavy atom. The lowest BCUT2D eigenvalue weighted by atomic mass is 10.1. The zero-order valence-corrected chi connectivity index (χ0v) is 12.7. The van der Waals surface area contributed by atoms with Crippen LogP contribution in [-0.4, -0.2) is 16.7 Å². The van der Waals surface area contributed by atoms with Crippen molar-refractivity contribution in [3.63, 3.8) is 0 Å². The van der Waals surface area contributed by atoms with E-state index in [4.69, 9.17) is 0 Å². The molecule has 0 bridgehead atoms. The largest absolute Gasteiger partial charge is 0.293 e. The second-order valence-corrected chi connectivity index (χ2v) is 5.84. The maximum Gasteiger partial charge on any atom is 0.220 e. The molecule has 0 aliphatic heterocycles. The van der Waals surface area contributed by atoms with E-state index in [1.807, 2.05) is 60.7 Å². The monoisotopic (exact) mass is 306 g/mol. The van der Waals surface area contributed by atoms with E-state index in [9.17, 15) is 9.59 Å². The van der Waals surface area contributed by atoms with Crippen molar-refractivity contribution in [1.82, 2.24) is 0 Å². The van der Waals surface area contributed by atoms with Gasteiger partial charge in [-0.3, -0.25) is 9.59 Å². The number of ketones is 1. The van der Waals surface area contributed by atoms with Crippen molar-refractivity contribution in [2.24, 2.45) is 0 Å². The molecule has 0 unspecified atom stereocenters. The first-order valence-electron chi connectivity index (χ1n) is 6.99. The van der Waals surface area contributed by atoms with E-state index in [1.54, 1.807) is 12.1 Å². The van der Waals surface area contributed by atoms with Crippen molar-refractivity contribution < 1.29 is 9.59 Å². The third-order valence-electron chi connectivity index (χ3n) is 3.44. The maximum absolute atomic E-state index is 12.4. The number of hydrogen-bond acceptors (Lipinski definition) is 3. The van der Waals surface area contributed by atoms with E-state index < -0.39 is 0 Å². The molecule has 0 amide bonds. The van der Waals surface area contributed by atoms with Crippen LogP contribution >= 0.6 is 11.8 Å². The Kier molecular flexibility index (Phi) is 4.35. The first kappa shape index (κ1) is 14.5. The molecule has 0 spiro atoms. The maximum atomic E-state index is 12.4. The second-order valence-electron chi connectivity index (χ2n) is 4.89. The Morgan fingerprint density at radius 1 is 0.773 bits per heavy atom. The summed E-state index contributed by atoms with van der Waals surface area (Å²) in [6, 6.07) is 22.5. The minimum atomic E-state index is -0.0684. The van der Waals surface area contributed by atoms with E-state index in [-0.39, 0.29) is 16.7 Å². The zero-order valence-electron chi connectivity index (χ0n) is 11.9. The molecule has 0 aromatic heterocycles.